The molecule has 0 saturated heterocycles. The van der Waals surface area contributed by atoms with Crippen LogP contribution in [-0.4, -0.2) is 51.3 Å². The van der Waals surface area contributed by atoms with E-state index >= 15 is 0 Å². The third-order valence-corrected chi connectivity index (χ3v) is 5.66. The van der Waals surface area contributed by atoms with Gasteiger partial charge in [0.2, 0.25) is 5.91 Å². The van der Waals surface area contributed by atoms with Crippen LogP contribution in [0.4, 0.5) is 0 Å². The molecule has 1 heterocycles. The van der Waals surface area contributed by atoms with Gasteiger partial charge in [0, 0.05) is 13.6 Å². The lowest BCUT2D eigenvalue weighted by atomic mass is 10.4. The van der Waals surface area contributed by atoms with Crippen LogP contribution in [0.5, 0.6) is 0 Å². The molecule has 0 aliphatic heterocycles. The maximum Gasteiger partial charge on any atom is 0.307 e. The second-order valence-corrected chi connectivity index (χ2v) is 7.32. The van der Waals surface area contributed by atoms with E-state index in [1.54, 1.807) is 18.4 Å². The van der Waals surface area contributed by atoms with Gasteiger partial charge in [-0.3, -0.25) is 9.59 Å². The Morgan fingerprint density at radius 1 is 1.43 bits per heavy atom. The second kappa shape index (κ2) is 8.11. The number of carbonyl (C=O) groups is 2. The van der Waals surface area contributed by atoms with E-state index in [9.17, 15) is 18.0 Å². The molecule has 21 heavy (non-hydrogen) atoms. The van der Waals surface area contributed by atoms with Gasteiger partial charge in [-0.2, -0.15) is 4.31 Å². The average molecular weight is 334 g/mol. The highest BCUT2D eigenvalue weighted by molar-refractivity contribution is 7.91. The van der Waals surface area contributed by atoms with Crippen LogP contribution >= 0.6 is 11.3 Å². The van der Waals surface area contributed by atoms with E-state index in [4.69, 9.17) is 4.74 Å². The normalized spacial score (nSPS) is 11.4. The quantitative estimate of drug-likeness (QED) is 0.696. The molecule has 0 aromatic carbocycles. The highest BCUT2D eigenvalue weighted by atomic mass is 32.2. The number of ether oxygens (including phenoxy) is 1. The molecule has 0 unspecified atom stereocenters. The van der Waals surface area contributed by atoms with Gasteiger partial charge < -0.3 is 10.1 Å². The molecular formula is C12H18N2O5S2. The van der Waals surface area contributed by atoms with E-state index < -0.39 is 21.9 Å². The number of carbonyl (C=O) groups excluding carboxylic acids is 2. The molecule has 0 bridgehead atoms. The minimum absolute atomic E-state index is 0.0565. The van der Waals surface area contributed by atoms with Crippen LogP contribution in [-0.2, 0) is 24.3 Å². The Kier molecular flexibility index (Phi) is 6.79. The van der Waals surface area contributed by atoms with E-state index in [1.807, 2.05) is 0 Å². The summed E-state index contributed by atoms with van der Waals surface area (Å²) in [5, 5.41) is 4.13. The third kappa shape index (κ3) is 5.44. The van der Waals surface area contributed by atoms with Crippen molar-refractivity contribution in [2.24, 2.45) is 0 Å². The maximum absolute atomic E-state index is 12.1. The molecule has 1 rings (SSSR count). The number of esters is 1. The van der Waals surface area contributed by atoms with Crippen LogP contribution in [0.15, 0.2) is 21.7 Å². The van der Waals surface area contributed by atoms with E-state index in [2.05, 4.69) is 5.32 Å². The molecule has 0 saturated carbocycles. The van der Waals surface area contributed by atoms with Gasteiger partial charge in [0.15, 0.2) is 0 Å². The van der Waals surface area contributed by atoms with Crippen LogP contribution in [0.2, 0.25) is 0 Å². The van der Waals surface area contributed by atoms with Gasteiger partial charge in [0.05, 0.1) is 19.6 Å². The number of rotatable bonds is 8. The van der Waals surface area contributed by atoms with Crippen molar-refractivity contribution in [2.45, 2.75) is 17.6 Å². The molecule has 1 N–H and O–H groups in total. The predicted octanol–water partition coefficient (Wildman–Crippen LogP) is 0.438. The van der Waals surface area contributed by atoms with Crippen LogP contribution in [0.1, 0.15) is 13.3 Å². The van der Waals surface area contributed by atoms with E-state index in [-0.39, 0.29) is 30.3 Å². The molecule has 0 spiro atoms. The SMILES string of the molecule is CCOC(=O)CCNC(=O)CN(C)S(=O)(=O)c1cccs1. The standard InChI is InChI=1S/C12H18N2O5S2/c1-3-19-11(16)6-7-13-10(15)9-14(2)21(17,18)12-5-4-8-20-12/h4-5,8H,3,6-7,9H2,1-2H3,(H,13,15). The van der Waals surface area contributed by atoms with Crippen LogP contribution < -0.4 is 5.32 Å². The zero-order chi connectivity index (χ0) is 15.9. The first-order valence-electron chi connectivity index (χ1n) is 6.30. The Balaban J connectivity index is 2.43. The van der Waals surface area contributed by atoms with Crippen molar-refractivity contribution in [2.75, 3.05) is 26.7 Å². The van der Waals surface area contributed by atoms with Crippen molar-refractivity contribution >= 4 is 33.2 Å². The van der Waals surface area contributed by atoms with E-state index in [1.165, 1.54) is 13.1 Å². The Morgan fingerprint density at radius 2 is 2.14 bits per heavy atom. The lowest BCUT2D eigenvalue weighted by Gasteiger charge is -2.15. The summed E-state index contributed by atoms with van der Waals surface area (Å²) in [6.45, 7) is 1.79. The largest absolute Gasteiger partial charge is 0.466 e. The summed E-state index contributed by atoms with van der Waals surface area (Å²) in [7, 11) is -2.31. The fourth-order valence-electron chi connectivity index (χ4n) is 1.44. The lowest BCUT2D eigenvalue weighted by Crippen LogP contribution is -2.38. The molecule has 1 amide bonds. The predicted molar refractivity (Wildman–Crippen MR) is 78.4 cm³/mol. The molecule has 118 valence electrons. The average Bonchev–Trinajstić information content (AvgIpc) is 2.93. The number of nitrogens with zero attached hydrogens (tertiary/aromatic N) is 1. The van der Waals surface area contributed by atoms with Gasteiger partial charge in [-0.25, -0.2) is 8.42 Å². The van der Waals surface area contributed by atoms with Crippen LogP contribution in [0, 0.1) is 0 Å². The Bertz CT molecular complexity index is 568. The summed E-state index contributed by atoms with van der Waals surface area (Å²) in [6.07, 6.45) is 0.0565. The molecule has 1 aromatic rings. The van der Waals surface area contributed by atoms with Crippen molar-refractivity contribution in [1.29, 1.82) is 0 Å². The first kappa shape index (κ1) is 17.6. The monoisotopic (exact) mass is 334 g/mol. The summed E-state index contributed by atoms with van der Waals surface area (Å²) < 4.78 is 30.0. The van der Waals surface area contributed by atoms with Crippen molar-refractivity contribution in [3.63, 3.8) is 0 Å². The third-order valence-electron chi connectivity index (χ3n) is 2.48. The summed E-state index contributed by atoms with van der Waals surface area (Å²) >= 11 is 1.09. The number of likely N-dealkylation sites (N-methyl/N-ethyl adjacent to an activating group) is 1. The van der Waals surface area contributed by atoms with Gasteiger partial charge in [-0.15, -0.1) is 11.3 Å². The van der Waals surface area contributed by atoms with E-state index in [0.717, 1.165) is 15.6 Å². The van der Waals surface area contributed by atoms with Crippen molar-refractivity contribution in [3.8, 4) is 0 Å². The first-order valence-corrected chi connectivity index (χ1v) is 8.62. The highest BCUT2D eigenvalue weighted by Crippen LogP contribution is 2.19. The smallest absolute Gasteiger partial charge is 0.307 e. The lowest BCUT2D eigenvalue weighted by molar-refractivity contribution is -0.143. The zero-order valence-corrected chi connectivity index (χ0v) is 13.5. The summed E-state index contributed by atoms with van der Waals surface area (Å²) in [6, 6.07) is 3.11. The molecule has 0 aliphatic carbocycles. The van der Waals surface area contributed by atoms with Crippen LogP contribution in [0.25, 0.3) is 0 Å². The Labute approximate surface area is 127 Å². The Hall–Kier alpha value is -1.45. The van der Waals surface area contributed by atoms with Crippen molar-refractivity contribution in [3.05, 3.63) is 17.5 Å². The molecule has 0 fully saturated rings. The van der Waals surface area contributed by atoms with Gasteiger partial charge in [0.1, 0.15) is 4.21 Å². The van der Waals surface area contributed by atoms with Crippen molar-refractivity contribution in [1.82, 2.24) is 9.62 Å². The molecule has 9 heteroatoms. The molecule has 0 atom stereocenters. The first-order chi connectivity index (χ1) is 9.87. The number of thiophene rings is 1. The topological polar surface area (TPSA) is 92.8 Å². The second-order valence-electron chi connectivity index (χ2n) is 4.10. The number of hydrogen-bond donors (Lipinski definition) is 1. The van der Waals surface area contributed by atoms with Gasteiger partial charge in [-0.05, 0) is 18.4 Å². The fraction of sp³-hybridized carbons (Fsp3) is 0.500. The number of nitrogens with one attached hydrogen (secondary N) is 1. The van der Waals surface area contributed by atoms with Gasteiger partial charge in [-0.1, -0.05) is 6.07 Å². The summed E-state index contributed by atoms with van der Waals surface area (Å²) in [5.41, 5.74) is 0. The minimum Gasteiger partial charge on any atom is -0.466 e. The number of sulfonamides is 1. The van der Waals surface area contributed by atoms with Gasteiger partial charge >= 0.3 is 5.97 Å². The summed E-state index contributed by atoms with van der Waals surface area (Å²) in [4.78, 5) is 22.7. The zero-order valence-electron chi connectivity index (χ0n) is 11.9. The molecular weight excluding hydrogens is 316 g/mol. The summed E-state index contributed by atoms with van der Waals surface area (Å²) in [5.74, 6) is -0.876. The molecule has 0 aliphatic rings. The van der Waals surface area contributed by atoms with Crippen LogP contribution in [0.3, 0.4) is 0 Å². The highest BCUT2D eigenvalue weighted by Gasteiger charge is 2.23. The van der Waals surface area contributed by atoms with Crippen molar-refractivity contribution < 1.29 is 22.7 Å². The fourth-order valence-corrected chi connectivity index (χ4v) is 3.77. The molecule has 7 nitrogen and oxygen atoms in total. The van der Waals surface area contributed by atoms with Gasteiger partial charge in [0.25, 0.3) is 10.0 Å². The molecule has 0 radical (unpaired) electrons. The molecule has 1 aromatic heterocycles. The van der Waals surface area contributed by atoms with E-state index in [0.29, 0.717) is 0 Å². The maximum atomic E-state index is 12.1. The number of amides is 1. The Morgan fingerprint density at radius 3 is 2.71 bits per heavy atom. The number of hydrogen-bond acceptors (Lipinski definition) is 6. The minimum atomic E-state index is -3.64.